The molecule has 0 spiro atoms. The molecule has 0 aromatic heterocycles. The number of carbonyl (C=O) groups excluding carboxylic acids is 3. The lowest BCUT2D eigenvalue weighted by Crippen LogP contribution is -2.54. The number of halogens is 2. The molecule has 1 fully saturated rings. The van der Waals surface area contributed by atoms with Gasteiger partial charge in [-0.05, 0) is 75.2 Å². The molecule has 168 valence electrons. The van der Waals surface area contributed by atoms with Crippen LogP contribution < -0.4 is 19.7 Å². The normalized spacial score (nSPS) is 15.4. The van der Waals surface area contributed by atoms with E-state index >= 15 is 0 Å². The zero-order chi connectivity index (χ0) is 23.6. The van der Waals surface area contributed by atoms with Crippen molar-refractivity contribution >= 4 is 57.1 Å². The van der Waals surface area contributed by atoms with Gasteiger partial charge in [-0.2, -0.15) is 0 Å². The average Bonchev–Trinajstić information content (AvgIpc) is 2.69. The van der Waals surface area contributed by atoms with Gasteiger partial charge in [0.2, 0.25) is 0 Å². The molecular formula is C23H22BrClN2O5. The van der Waals surface area contributed by atoms with Crippen molar-refractivity contribution in [3.8, 4) is 11.5 Å². The van der Waals surface area contributed by atoms with E-state index in [0.29, 0.717) is 34.9 Å². The number of aryl methyl sites for hydroxylation is 1. The van der Waals surface area contributed by atoms with Gasteiger partial charge in [0.05, 0.1) is 23.4 Å². The van der Waals surface area contributed by atoms with Gasteiger partial charge < -0.3 is 9.47 Å². The number of carbonyl (C=O) groups is 3. The number of rotatable bonds is 6. The monoisotopic (exact) mass is 520 g/mol. The maximum Gasteiger partial charge on any atom is 0.335 e. The third-order valence-corrected chi connectivity index (χ3v) is 5.27. The predicted octanol–water partition coefficient (Wildman–Crippen LogP) is 5.26. The molecule has 0 saturated carbocycles. The highest BCUT2D eigenvalue weighted by atomic mass is 79.9. The van der Waals surface area contributed by atoms with Gasteiger partial charge in [0, 0.05) is 4.47 Å². The van der Waals surface area contributed by atoms with Gasteiger partial charge >= 0.3 is 6.03 Å². The molecule has 3 rings (SSSR count). The molecular weight excluding hydrogens is 500 g/mol. The fraction of sp³-hybridized carbons (Fsp3) is 0.261. The number of anilines is 1. The van der Waals surface area contributed by atoms with Gasteiger partial charge in [-0.25, -0.2) is 9.69 Å². The van der Waals surface area contributed by atoms with Gasteiger partial charge in [-0.3, -0.25) is 14.9 Å². The maximum atomic E-state index is 13.2. The van der Waals surface area contributed by atoms with Crippen molar-refractivity contribution in [3.63, 3.8) is 0 Å². The highest BCUT2D eigenvalue weighted by molar-refractivity contribution is 9.10. The number of benzene rings is 2. The largest absolute Gasteiger partial charge is 0.490 e. The Kier molecular flexibility index (Phi) is 7.26. The molecule has 0 bridgehead atoms. The maximum absolute atomic E-state index is 13.2. The van der Waals surface area contributed by atoms with Crippen LogP contribution in [0.4, 0.5) is 10.5 Å². The second-order valence-electron chi connectivity index (χ2n) is 7.32. The van der Waals surface area contributed by atoms with Crippen LogP contribution in [0.3, 0.4) is 0 Å². The Bertz CT molecular complexity index is 1130. The van der Waals surface area contributed by atoms with Crippen LogP contribution >= 0.6 is 27.5 Å². The molecule has 32 heavy (non-hydrogen) atoms. The molecule has 4 amide bonds. The van der Waals surface area contributed by atoms with Gasteiger partial charge in [0.15, 0.2) is 11.5 Å². The first kappa shape index (κ1) is 23.8. The third kappa shape index (κ3) is 4.97. The van der Waals surface area contributed by atoms with Crippen LogP contribution in [-0.2, 0) is 9.59 Å². The molecule has 1 N–H and O–H groups in total. The van der Waals surface area contributed by atoms with E-state index in [1.165, 1.54) is 6.08 Å². The molecule has 1 aliphatic rings. The summed E-state index contributed by atoms with van der Waals surface area (Å²) >= 11 is 9.76. The summed E-state index contributed by atoms with van der Waals surface area (Å²) in [5.41, 5.74) is 1.31. The number of barbiturate groups is 1. The minimum absolute atomic E-state index is 0.129. The zero-order valence-corrected chi connectivity index (χ0v) is 20.3. The van der Waals surface area contributed by atoms with Gasteiger partial charge in [-0.1, -0.05) is 27.5 Å². The van der Waals surface area contributed by atoms with Crippen molar-refractivity contribution in [2.45, 2.75) is 33.8 Å². The van der Waals surface area contributed by atoms with Crippen molar-refractivity contribution in [2.75, 3.05) is 11.5 Å². The van der Waals surface area contributed by atoms with Gasteiger partial charge in [0.1, 0.15) is 5.57 Å². The van der Waals surface area contributed by atoms with E-state index in [9.17, 15) is 14.4 Å². The summed E-state index contributed by atoms with van der Waals surface area (Å²) in [6, 6.07) is 7.51. The summed E-state index contributed by atoms with van der Waals surface area (Å²) in [6.07, 6.45) is 1.24. The van der Waals surface area contributed by atoms with E-state index in [2.05, 4.69) is 21.2 Å². The quantitative estimate of drug-likeness (QED) is 0.414. The summed E-state index contributed by atoms with van der Waals surface area (Å²) in [6.45, 7) is 7.68. The average molecular weight is 522 g/mol. The second-order valence-corrected chi connectivity index (χ2v) is 8.64. The summed E-state index contributed by atoms with van der Waals surface area (Å²) in [4.78, 5) is 39.1. The Labute approximate surface area is 199 Å². The minimum Gasteiger partial charge on any atom is -0.490 e. The predicted molar refractivity (Wildman–Crippen MR) is 126 cm³/mol. The Morgan fingerprint density at radius 1 is 1.19 bits per heavy atom. The molecule has 9 heteroatoms. The van der Waals surface area contributed by atoms with E-state index in [0.717, 1.165) is 9.37 Å². The number of urea groups is 1. The summed E-state index contributed by atoms with van der Waals surface area (Å²) in [7, 11) is 0. The lowest BCUT2D eigenvalue weighted by molar-refractivity contribution is -0.122. The third-order valence-electron chi connectivity index (χ3n) is 4.50. The lowest BCUT2D eigenvalue weighted by atomic mass is 10.1. The molecule has 0 aliphatic carbocycles. The smallest absolute Gasteiger partial charge is 0.335 e. The Morgan fingerprint density at radius 3 is 2.53 bits per heavy atom. The van der Waals surface area contributed by atoms with Crippen LogP contribution in [0.25, 0.3) is 6.08 Å². The highest BCUT2D eigenvalue weighted by Crippen LogP contribution is 2.38. The van der Waals surface area contributed by atoms with Crippen LogP contribution in [0.15, 0.2) is 40.4 Å². The molecule has 1 saturated heterocycles. The molecule has 2 aromatic carbocycles. The fourth-order valence-electron chi connectivity index (χ4n) is 3.20. The van der Waals surface area contributed by atoms with Gasteiger partial charge in [0.25, 0.3) is 11.8 Å². The van der Waals surface area contributed by atoms with E-state index in [1.807, 2.05) is 20.8 Å². The van der Waals surface area contributed by atoms with Crippen LogP contribution in [0.1, 0.15) is 31.9 Å². The molecule has 1 aliphatic heterocycles. The van der Waals surface area contributed by atoms with Crippen molar-refractivity contribution in [3.05, 3.63) is 56.5 Å². The number of hydrogen-bond donors (Lipinski definition) is 1. The lowest BCUT2D eigenvalue weighted by Gasteiger charge is -2.27. The van der Waals surface area contributed by atoms with E-state index < -0.39 is 17.8 Å². The standard InChI is InChI=1S/C23H22BrClN2O5/c1-5-31-19-11-14(10-17(25)20(19)32-12(2)3)9-16-21(28)26-23(30)27(22(16)29)18-7-6-15(24)8-13(18)4/h6-12H,5H2,1-4H3,(H,26,28,30)/b16-9-. The second kappa shape index (κ2) is 9.75. The van der Waals surface area contributed by atoms with E-state index in [1.54, 1.807) is 37.3 Å². The molecule has 1 heterocycles. The number of nitrogens with zero attached hydrogens (tertiary/aromatic N) is 1. The van der Waals surface area contributed by atoms with Crippen molar-refractivity contribution < 1.29 is 23.9 Å². The van der Waals surface area contributed by atoms with E-state index in [4.69, 9.17) is 21.1 Å². The van der Waals surface area contributed by atoms with Gasteiger partial charge in [-0.15, -0.1) is 0 Å². The Morgan fingerprint density at radius 2 is 1.91 bits per heavy atom. The van der Waals surface area contributed by atoms with Crippen LogP contribution in [0.5, 0.6) is 11.5 Å². The van der Waals surface area contributed by atoms with Crippen molar-refractivity contribution in [1.29, 1.82) is 0 Å². The van der Waals surface area contributed by atoms with Crippen LogP contribution in [0.2, 0.25) is 5.02 Å². The summed E-state index contributed by atoms with van der Waals surface area (Å²) in [5, 5.41) is 2.50. The molecule has 2 aromatic rings. The molecule has 7 nitrogen and oxygen atoms in total. The topological polar surface area (TPSA) is 84.9 Å². The molecule has 0 unspecified atom stereocenters. The summed E-state index contributed by atoms with van der Waals surface area (Å²) in [5.74, 6) is -0.753. The minimum atomic E-state index is -0.809. The first-order valence-electron chi connectivity index (χ1n) is 9.93. The fourth-order valence-corrected chi connectivity index (χ4v) is 3.94. The Hall–Kier alpha value is -2.84. The van der Waals surface area contributed by atoms with Crippen LogP contribution in [0, 0.1) is 6.92 Å². The number of ether oxygens (including phenoxy) is 2. The number of hydrogen-bond acceptors (Lipinski definition) is 5. The van der Waals surface area contributed by atoms with Crippen LogP contribution in [-0.4, -0.2) is 30.6 Å². The van der Waals surface area contributed by atoms with Crippen molar-refractivity contribution in [1.82, 2.24) is 5.32 Å². The first-order chi connectivity index (χ1) is 15.1. The van der Waals surface area contributed by atoms with E-state index in [-0.39, 0.29) is 16.7 Å². The van der Waals surface area contributed by atoms with Crippen molar-refractivity contribution in [2.24, 2.45) is 0 Å². The molecule has 0 atom stereocenters. The zero-order valence-electron chi connectivity index (χ0n) is 18.0. The Balaban J connectivity index is 2.05. The SMILES string of the molecule is CCOc1cc(/C=C2/C(=O)NC(=O)N(c3ccc(Br)cc3C)C2=O)cc(Cl)c1OC(C)C. The number of amides is 4. The number of imide groups is 2. The molecule has 0 radical (unpaired) electrons. The summed E-state index contributed by atoms with van der Waals surface area (Å²) < 4.78 is 12.2. The first-order valence-corrected chi connectivity index (χ1v) is 11.1. The highest BCUT2D eigenvalue weighted by Gasteiger charge is 2.37. The number of nitrogens with one attached hydrogen (secondary N) is 1.